The molecular formula is C31H43ClN4O5. The molecule has 2 aromatic carbocycles. The second kappa shape index (κ2) is 15.2. The van der Waals surface area contributed by atoms with Crippen LogP contribution in [0.25, 0.3) is 0 Å². The molecule has 10 heteroatoms. The molecule has 1 aliphatic heterocycles. The van der Waals surface area contributed by atoms with Crippen LogP contribution in [-0.4, -0.2) is 78.7 Å². The van der Waals surface area contributed by atoms with E-state index in [4.69, 9.17) is 16.3 Å². The number of carbonyl (C=O) groups excluding carboxylic acids is 3. The molecule has 4 N–H and O–H groups in total. The van der Waals surface area contributed by atoms with E-state index in [2.05, 4.69) is 16.0 Å². The molecule has 2 unspecified atom stereocenters. The van der Waals surface area contributed by atoms with Crippen molar-refractivity contribution in [2.24, 2.45) is 5.92 Å². The van der Waals surface area contributed by atoms with Crippen molar-refractivity contribution >= 4 is 29.3 Å². The average molecular weight is 587 g/mol. The van der Waals surface area contributed by atoms with Crippen molar-refractivity contribution in [3.8, 4) is 5.75 Å². The van der Waals surface area contributed by atoms with Crippen LogP contribution in [0.3, 0.4) is 0 Å². The maximum Gasteiger partial charge on any atom is 0.246 e. The maximum absolute atomic E-state index is 13.3. The molecule has 0 saturated heterocycles. The molecule has 4 rings (SSSR count). The van der Waals surface area contributed by atoms with Gasteiger partial charge in [0.15, 0.2) is 0 Å². The number of aliphatic hydroxyl groups is 1. The van der Waals surface area contributed by atoms with Gasteiger partial charge in [-0.2, -0.15) is 0 Å². The van der Waals surface area contributed by atoms with E-state index in [-0.39, 0.29) is 24.3 Å². The predicted molar refractivity (Wildman–Crippen MR) is 160 cm³/mol. The van der Waals surface area contributed by atoms with Crippen molar-refractivity contribution in [3.05, 3.63) is 64.7 Å². The second-order valence-electron chi connectivity index (χ2n) is 11.2. The van der Waals surface area contributed by atoms with Crippen LogP contribution in [0.2, 0.25) is 5.02 Å². The van der Waals surface area contributed by atoms with E-state index in [0.717, 1.165) is 42.0 Å². The van der Waals surface area contributed by atoms with Crippen molar-refractivity contribution in [1.82, 2.24) is 20.9 Å². The zero-order valence-corrected chi connectivity index (χ0v) is 25.2. The van der Waals surface area contributed by atoms with Gasteiger partial charge in [-0.1, -0.05) is 47.5 Å². The van der Waals surface area contributed by atoms with Crippen molar-refractivity contribution in [3.63, 3.8) is 0 Å². The van der Waals surface area contributed by atoms with Gasteiger partial charge in [-0.25, -0.2) is 0 Å². The highest BCUT2D eigenvalue weighted by Gasteiger charge is 2.44. The summed E-state index contributed by atoms with van der Waals surface area (Å²) in [7, 11) is 1.52. The van der Waals surface area contributed by atoms with Crippen LogP contribution in [0.1, 0.15) is 44.2 Å². The first-order chi connectivity index (χ1) is 19.5. The van der Waals surface area contributed by atoms with Gasteiger partial charge in [0.25, 0.3) is 0 Å². The third-order valence-corrected chi connectivity index (χ3v) is 7.34. The molecule has 1 aliphatic carbocycles. The van der Waals surface area contributed by atoms with Crippen molar-refractivity contribution < 1.29 is 24.2 Å². The summed E-state index contributed by atoms with van der Waals surface area (Å²) in [5, 5.41) is 20.1. The summed E-state index contributed by atoms with van der Waals surface area (Å²) >= 11 is 5.61. The topological polar surface area (TPSA) is 120 Å². The minimum absolute atomic E-state index is 0.189. The smallest absolute Gasteiger partial charge is 0.246 e. The first-order valence-electron chi connectivity index (χ1n) is 14.2. The SMILES string of the molecule is CN1C(=O)C(C2CC2)NCCOc2ccccc2CCCNC(=O)CNC(=O)C1C(C)(C)O.Cc1ccc(Cl)cc1. The molecule has 0 bridgehead atoms. The Kier molecular flexibility index (Phi) is 12.0. The molecule has 1 saturated carbocycles. The molecule has 41 heavy (non-hydrogen) atoms. The van der Waals surface area contributed by atoms with Gasteiger partial charge in [-0.05, 0) is 76.1 Å². The first kappa shape index (κ1) is 32.4. The molecule has 3 amide bonds. The van der Waals surface area contributed by atoms with Crippen LogP contribution in [0, 0.1) is 12.8 Å². The van der Waals surface area contributed by atoms with E-state index in [1.165, 1.54) is 31.4 Å². The molecule has 2 aromatic rings. The van der Waals surface area contributed by atoms with Crippen LogP contribution in [0.4, 0.5) is 0 Å². The molecule has 0 radical (unpaired) electrons. The molecule has 224 valence electrons. The van der Waals surface area contributed by atoms with E-state index >= 15 is 0 Å². The molecule has 0 aromatic heterocycles. The normalized spacial score (nSPS) is 21.6. The van der Waals surface area contributed by atoms with Crippen LogP contribution < -0.4 is 20.7 Å². The third kappa shape index (κ3) is 10.3. The Labute approximate surface area is 248 Å². The van der Waals surface area contributed by atoms with E-state index < -0.39 is 23.6 Å². The van der Waals surface area contributed by atoms with Crippen molar-refractivity contribution in [2.45, 2.75) is 64.1 Å². The number of fused-ring (bicyclic) bond motifs is 1. The summed E-state index contributed by atoms with van der Waals surface area (Å²) in [6, 6.07) is 14.0. The highest BCUT2D eigenvalue weighted by atomic mass is 35.5. The molecule has 0 spiro atoms. The van der Waals surface area contributed by atoms with Crippen LogP contribution in [0.5, 0.6) is 5.75 Å². The Morgan fingerprint density at radius 1 is 1.00 bits per heavy atom. The summed E-state index contributed by atoms with van der Waals surface area (Å²) < 4.78 is 5.98. The molecule has 2 aliphatic rings. The number of nitrogens with zero attached hydrogens (tertiary/aromatic N) is 1. The first-order valence-corrected chi connectivity index (χ1v) is 14.5. The van der Waals surface area contributed by atoms with Gasteiger partial charge >= 0.3 is 0 Å². The van der Waals surface area contributed by atoms with Gasteiger partial charge < -0.3 is 30.7 Å². The quantitative estimate of drug-likeness (QED) is 0.430. The van der Waals surface area contributed by atoms with Crippen molar-refractivity contribution in [1.29, 1.82) is 0 Å². The van der Waals surface area contributed by atoms with Crippen molar-refractivity contribution in [2.75, 3.05) is 33.3 Å². The minimum atomic E-state index is -1.49. The lowest BCUT2D eigenvalue weighted by Crippen LogP contribution is -2.62. The number of aryl methyl sites for hydroxylation is 2. The highest BCUT2D eigenvalue weighted by molar-refractivity contribution is 6.30. The lowest BCUT2D eigenvalue weighted by molar-refractivity contribution is -0.149. The Bertz CT molecular complexity index is 1140. The van der Waals surface area contributed by atoms with Crippen LogP contribution in [0.15, 0.2) is 48.5 Å². The number of nitrogens with one attached hydrogen (secondary N) is 3. The van der Waals surface area contributed by atoms with E-state index in [1.54, 1.807) is 0 Å². The Morgan fingerprint density at radius 3 is 2.32 bits per heavy atom. The number of para-hydroxylation sites is 1. The third-order valence-electron chi connectivity index (χ3n) is 7.09. The number of carbonyl (C=O) groups is 3. The average Bonchev–Trinajstić information content (AvgIpc) is 3.76. The summed E-state index contributed by atoms with van der Waals surface area (Å²) in [5.41, 5.74) is 0.811. The lowest BCUT2D eigenvalue weighted by atomic mass is 9.95. The number of rotatable bonds is 2. The Morgan fingerprint density at radius 2 is 1.68 bits per heavy atom. The molecule has 1 fully saturated rings. The van der Waals surface area contributed by atoms with Gasteiger partial charge in [0.2, 0.25) is 17.7 Å². The van der Waals surface area contributed by atoms with Gasteiger partial charge in [0.05, 0.1) is 18.2 Å². The largest absolute Gasteiger partial charge is 0.492 e. The summed E-state index contributed by atoms with van der Waals surface area (Å²) in [4.78, 5) is 39.7. The molecule has 2 atom stereocenters. The van der Waals surface area contributed by atoms with E-state index in [9.17, 15) is 19.5 Å². The fourth-order valence-electron chi connectivity index (χ4n) is 4.80. The Hall–Kier alpha value is -3.14. The fourth-order valence-corrected chi connectivity index (χ4v) is 4.92. The van der Waals surface area contributed by atoms with Gasteiger partial charge in [-0.3, -0.25) is 14.4 Å². The number of halogens is 1. The molecular weight excluding hydrogens is 544 g/mol. The van der Waals surface area contributed by atoms with Gasteiger partial charge in [-0.15, -0.1) is 0 Å². The number of amides is 3. The summed E-state index contributed by atoms with van der Waals surface area (Å²) in [6.07, 6.45) is 3.33. The second-order valence-corrected chi connectivity index (χ2v) is 11.6. The van der Waals surface area contributed by atoms with E-state index in [1.807, 2.05) is 55.5 Å². The van der Waals surface area contributed by atoms with Gasteiger partial charge in [0, 0.05) is 25.2 Å². The zero-order chi connectivity index (χ0) is 30.0. The Balaban J connectivity index is 0.000000496. The summed E-state index contributed by atoms with van der Waals surface area (Å²) in [5.74, 6) is -0.163. The standard InChI is InChI=1S/C24H36N4O5.C7H7Cl/c1-24(2,32)21-22(30)27-15-19(29)25-12-6-8-16-7-4-5-9-18(16)33-14-13-26-20(17-10-11-17)23(31)28(21)3;1-6-2-4-7(8)5-3-6/h4-5,7,9,17,20-21,26,32H,6,8,10-15H2,1-3H3,(H,25,29)(H,27,30);2-5H,1H3. The van der Waals surface area contributed by atoms with Gasteiger partial charge in [0.1, 0.15) is 18.4 Å². The number of ether oxygens (including phenoxy) is 1. The minimum Gasteiger partial charge on any atom is -0.492 e. The molecule has 9 nitrogen and oxygen atoms in total. The number of hydrogen-bond donors (Lipinski definition) is 4. The monoisotopic (exact) mass is 586 g/mol. The number of benzene rings is 2. The number of likely N-dealkylation sites (N-methyl/N-ethyl adjacent to an activating group) is 1. The van der Waals surface area contributed by atoms with Crippen LogP contribution in [-0.2, 0) is 20.8 Å². The van der Waals surface area contributed by atoms with E-state index in [0.29, 0.717) is 19.7 Å². The lowest BCUT2D eigenvalue weighted by Gasteiger charge is -2.37. The van der Waals surface area contributed by atoms with Crippen LogP contribution >= 0.6 is 11.6 Å². The molecule has 1 heterocycles. The fraction of sp³-hybridized carbons (Fsp3) is 0.516. The summed E-state index contributed by atoms with van der Waals surface area (Å²) in [6.45, 7) is 6.11. The maximum atomic E-state index is 13.3. The number of hydrogen-bond acceptors (Lipinski definition) is 6. The zero-order valence-electron chi connectivity index (χ0n) is 24.4. The highest BCUT2D eigenvalue weighted by Crippen LogP contribution is 2.34. The predicted octanol–water partition coefficient (Wildman–Crippen LogP) is 2.86.